The summed E-state index contributed by atoms with van der Waals surface area (Å²) in [6.45, 7) is 5.00. The molecule has 0 amide bonds. The van der Waals surface area contributed by atoms with Crippen LogP contribution in [0.2, 0.25) is 0 Å². The molecule has 0 bridgehead atoms. The third-order valence-electron chi connectivity index (χ3n) is 11.0. The zero-order chi connectivity index (χ0) is 45.1. The first-order valence-electron chi connectivity index (χ1n) is 20.1. The van der Waals surface area contributed by atoms with Gasteiger partial charge in [-0.2, -0.15) is 0 Å². The lowest BCUT2D eigenvalue weighted by Crippen LogP contribution is -2.38. The number of rotatable bonds is 16. The molecule has 7 atom stereocenters. The number of aromatic nitrogens is 4. The van der Waals surface area contributed by atoms with Gasteiger partial charge in [-0.3, -0.25) is 38.1 Å². The minimum Gasteiger partial charge on any atom is -0.497 e. The summed E-state index contributed by atoms with van der Waals surface area (Å²) in [5, 5.41) is 0. The maximum absolute atomic E-state index is 14.3. The molecular weight excluding hydrogens is 839 g/mol. The van der Waals surface area contributed by atoms with Crippen molar-refractivity contribution >= 4 is 13.6 Å². The van der Waals surface area contributed by atoms with Crippen LogP contribution in [-0.4, -0.2) is 83.6 Å². The first kappa shape index (κ1) is 45.2. The molecule has 0 radical (unpaired) electrons. The largest absolute Gasteiger partial charge is 0.497 e. The lowest BCUT2D eigenvalue weighted by Gasteiger charge is -2.37. The van der Waals surface area contributed by atoms with E-state index in [-0.39, 0.29) is 37.2 Å². The van der Waals surface area contributed by atoms with Crippen molar-refractivity contribution in [1.82, 2.24) is 19.1 Å². The Hall–Kier alpha value is -5.88. The second-order valence-corrected chi connectivity index (χ2v) is 17.4. The van der Waals surface area contributed by atoms with E-state index in [1.54, 1.807) is 21.1 Å². The highest BCUT2D eigenvalue weighted by molar-refractivity contribution is 7.53. The summed E-state index contributed by atoms with van der Waals surface area (Å²) in [6, 6.07) is 24.4. The van der Waals surface area contributed by atoms with E-state index in [2.05, 4.69) is 9.97 Å². The predicted octanol–water partition coefficient (Wildman–Crippen LogP) is 4.46. The number of nitrogens with one attached hydrogen (secondary N) is 2. The molecule has 2 aromatic heterocycles. The predicted molar refractivity (Wildman–Crippen MR) is 227 cm³/mol. The number of benzene rings is 3. The number of nitrogens with zero attached hydrogens (tertiary/aromatic N) is 2. The number of ether oxygens (including phenoxy) is 6. The Balaban J connectivity index is 1.20. The molecule has 0 aliphatic carbocycles. The van der Waals surface area contributed by atoms with E-state index in [0.29, 0.717) is 11.5 Å². The number of carbonyl (C=O) groups excluding carboxylic acids is 1. The molecule has 2 aliphatic rings. The SMILES string of the molecule is COc1ccc(C(OC[C@H]2O[C@@H](n3cc(C)c(=O)[nH]c3=O)C[C@@H]2O[P@@](C)(=O)OC[C@H]2O[C@@H](n3cc(C)c(=O)[nH]c3=O)C[C@@H]2OC(C)=O)(c2ccccc2)c2ccc(OC)cc2)cc1. The zero-order valence-corrected chi connectivity index (χ0v) is 36.4. The van der Waals surface area contributed by atoms with Gasteiger partial charge in [-0.25, -0.2) is 9.59 Å². The van der Waals surface area contributed by atoms with E-state index in [1.165, 1.54) is 42.0 Å². The van der Waals surface area contributed by atoms with Crippen molar-refractivity contribution in [2.45, 2.75) is 76.1 Å². The van der Waals surface area contributed by atoms with Crippen molar-refractivity contribution < 1.29 is 46.8 Å². The smallest absolute Gasteiger partial charge is 0.330 e. The monoisotopic (exact) mass is 888 g/mol. The molecule has 4 heterocycles. The van der Waals surface area contributed by atoms with Crippen molar-refractivity contribution in [3.8, 4) is 11.5 Å². The van der Waals surface area contributed by atoms with E-state index in [9.17, 15) is 28.5 Å². The second kappa shape index (κ2) is 18.8. The van der Waals surface area contributed by atoms with Crippen LogP contribution in [0.25, 0.3) is 0 Å². The molecular formula is C44H49N4O14P. The molecule has 2 N–H and O–H groups in total. The van der Waals surface area contributed by atoms with Crippen LogP contribution in [0.4, 0.5) is 0 Å². The molecule has 5 aromatic rings. The van der Waals surface area contributed by atoms with Gasteiger partial charge in [0.2, 0.25) is 0 Å². The molecule has 2 saturated heterocycles. The van der Waals surface area contributed by atoms with Crippen LogP contribution in [0, 0.1) is 13.8 Å². The standard InChI is InChI=1S/C44H49N4O14P/c1-26-22-47(42(52)45-40(26)50)38-20-34(59-28(3)49)37(61-38)25-58-63(6,54)62-35-21-39(48-23-27(2)41(51)46-43(48)53)60-36(35)24-57-44(29-10-8-7-9-11-29,30-12-16-32(55-4)17-13-30)31-14-18-33(56-5)19-15-31/h7-19,22-23,34-39H,20-21,24-25H2,1-6H3,(H,45,50,52)(H,46,51,53)/t34-,35-,36+,37+,38+,39+,63-/m0/s1. The normalized spacial score (nSPS) is 22.1. The van der Waals surface area contributed by atoms with Crippen LogP contribution in [0.5, 0.6) is 11.5 Å². The summed E-state index contributed by atoms with van der Waals surface area (Å²) in [5.41, 5.74) is -1.06. The Morgan fingerprint density at radius 3 is 1.65 bits per heavy atom. The van der Waals surface area contributed by atoms with Gasteiger partial charge in [0, 0.05) is 50.0 Å². The summed E-state index contributed by atoms with van der Waals surface area (Å²) in [4.78, 5) is 66.9. The molecule has 2 aliphatic heterocycles. The lowest BCUT2D eigenvalue weighted by molar-refractivity contribution is -0.150. The van der Waals surface area contributed by atoms with Crippen LogP contribution in [0.1, 0.15) is 60.0 Å². The summed E-state index contributed by atoms with van der Waals surface area (Å²) in [7, 11) is -0.905. The number of H-pyrrole nitrogens is 2. The van der Waals surface area contributed by atoms with Gasteiger partial charge >= 0.3 is 24.9 Å². The number of hydrogen-bond donors (Lipinski definition) is 2. The van der Waals surface area contributed by atoms with Crippen LogP contribution in [-0.2, 0) is 43.0 Å². The highest BCUT2D eigenvalue weighted by Crippen LogP contribution is 2.50. The highest BCUT2D eigenvalue weighted by atomic mass is 31.2. The van der Waals surface area contributed by atoms with Crippen molar-refractivity contribution in [3.63, 3.8) is 0 Å². The van der Waals surface area contributed by atoms with Crippen molar-refractivity contribution in [2.75, 3.05) is 34.1 Å². The van der Waals surface area contributed by atoms with E-state index in [4.69, 9.17) is 37.5 Å². The summed E-state index contributed by atoms with van der Waals surface area (Å²) >= 11 is 0. The third-order valence-corrected chi connectivity index (χ3v) is 12.3. The van der Waals surface area contributed by atoms with Crippen LogP contribution in [0.3, 0.4) is 0 Å². The van der Waals surface area contributed by atoms with Crippen molar-refractivity contribution in [3.05, 3.63) is 161 Å². The lowest BCUT2D eigenvalue weighted by atomic mass is 9.80. The second-order valence-electron chi connectivity index (χ2n) is 15.4. The molecule has 2 fully saturated rings. The Labute approximate surface area is 361 Å². The van der Waals surface area contributed by atoms with Gasteiger partial charge in [0.1, 0.15) is 47.9 Å². The number of esters is 1. The van der Waals surface area contributed by atoms with Gasteiger partial charge in [0.05, 0.1) is 33.5 Å². The average molecular weight is 889 g/mol. The number of hydrogen-bond acceptors (Lipinski definition) is 14. The summed E-state index contributed by atoms with van der Waals surface area (Å²) < 4.78 is 65.2. The van der Waals surface area contributed by atoms with Crippen LogP contribution >= 0.6 is 7.60 Å². The molecule has 3 aromatic carbocycles. The minimum absolute atomic E-state index is 0.0173. The van der Waals surface area contributed by atoms with E-state index < -0.39 is 78.5 Å². The third kappa shape index (κ3) is 9.86. The van der Waals surface area contributed by atoms with Gasteiger partial charge in [-0.15, -0.1) is 0 Å². The van der Waals surface area contributed by atoms with Gasteiger partial charge in [0.15, 0.2) is 0 Å². The Kier molecular flexibility index (Phi) is 13.5. The quantitative estimate of drug-likeness (QED) is 0.0795. The maximum Gasteiger partial charge on any atom is 0.330 e. The fourth-order valence-electron chi connectivity index (χ4n) is 7.86. The number of carbonyl (C=O) groups is 1. The molecule has 18 nitrogen and oxygen atoms in total. The van der Waals surface area contributed by atoms with Crippen molar-refractivity contribution in [2.24, 2.45) is 0 Å². The number of aromatic amines is 2. The Morgan fingerprint density at radius 1 is 0.714 bits per heavy atom. The molecule has 0 saturated carbocycles. The fraction of sp³-hybridized carbons (Fsp3) is 0.386. The van der Waals surface area contributed by atoms with Crippen LogP contribution in [0.15, 0.2) is 110 Å². The molecule has 334 valence electrons. The molecule has 7 rings (SSSR count). The molecule has 63 heavy (non-hydrogen) atoms. The number of methoxy groups -OCH3 is 2. The fourth-order valence-corrected chi connectivity index (χ4v) is 9.05. The van der Waals surface area contributed by atoms with Gasteiger partial charge in [0.25, 0.3) is 11.1 Å². The van der Waals surface area contributed by atoms with Gasteiger partial charge in [-0.05, 0) is 54.8 Å². The Morgan fingerprint density at radius 2 is 1.17 bits per heavy atom. The Bertz CT molecular complexity index is 2650. The topological polar surface area (TPSA) is 218 Å². The van der Waals surface area contributed by atoms with Gasteiger partial charge in [-0.1, -0.05) is 54.6 Å². The first-order valence-corrected chi connectivity index (χ1v) is 22.1. The molecule has 19 heteroatoms. The van der Waals surface area contributed by atoms with Crippen molar-refractivity contribution in [1.29, 1.82) is 0 Å². The number of aryl methyl sites for hydroxylation is 2. The average Bonchev–Trinajstić information content (AvgIpc) is 3.86. The minimum atomic E-state index is -4.06. The zero-order valence-electron chi connectivity index (χ0n) is 35.5. The maximum atomic E-state index is 14.3. The first-order chi connectivity index (χ1) is 30.1. The summed E-state index contributed by atoms with van der Waals surface area (Å²) in [5.74, 6) is 0.643. The van der Waals surface area contributed by atoms with E-state index in [0.717, 1.165) is 16.7 Å². The highest BCUT2D eigenvalue weighted by Gasteiger charge is 2.46. The van der Waals surface area contributed by atoms with Gasteiger partial charge < -0.3 is 37.5 Å². The summed E-state index contributed by atoms with van der Waals surface area (Å²) in [6.07, 6.45) is -3.11. The molecule has 0 unspecified atom stereocenters. The molecule has 0 spiro atoms. The van der Waals surface area contributed by atoms with E-state index in [1.807, 2.05) is 78.9 Å². The van der Waals surface area contributed by atoms with E-state index >= 15 is 0 Å². The van der Waals surface area contributed by atoms with Crippen LogP contribution < -0.4 is 32.0 Å².